The van der Waals surface area contributed by atoms with Gasteiger partial charge in [0, 0.05) is 26.2 Å². The number of hydrogen-bond acceptors (Lipinski definition) is 3. The molecule has 0 spiro atoms. The topological polar surface area (TPSA) is 53.0 Å². The molecule has 0 saturated carbocycles. The first-order valence-corrected chi connectivity index (χ1v) is 11.0. The Morgan fingerprint density at radius 1 is 0.971 bits per heavy atom. The van der Waals surface area contributed by atoms with Gasteiger partial charge in [0.05, 0.1) is 12.1 Å². The highest BCUT2D eigenvalue weighted by Crippen LogP contribution is 2.39. The first-order valence-electron chi connectivity index (χ1n) is 11.0. The number of halogens is 6. The van der Waals surface area contributed by atoms with Crippen molar-refractivity contribution in [2.24, 2.45) is 4.99 Å². The van der Waals surface area contributed by atoms with E-state index in [1.54, 1.807) is 11.0 Å². The number of carbonyl (C=O) groups excluding carboxylic acids is 2. The molecule has 0 unspecified atom stereocenters. The fourth-order valence-corrected chi connectivity index (χ4v) is 4.88. The number of likely N-dealkylation sites (tertiary alicyclic amines) is 1. The Hall–Kier alpha value is -2.85. The molecule has 34 heavy (non-hydrogen) atoms. The van der Waals surface area contributed by atoms with Crippen molar-refractivity contribution in [3.05, 3.63) is 46.5 Å². The Balaban J connectivity index is 1.38. The zero-order valence-corrected chi connectivity index (χ0v) is 18.2. The molecule has 1 aromatic carbocycles. The number of carbonyl (C=O) groups is 2. The van der Waals surface area contributed by atoms with Crippen molar-refractivity contribution >= 4 is 17.5 Å². The molecule has 1 aromatic rings. The molecule has 11 heteroatoms. The van der Waals surface area contributed by atoms with Crippen molar-refractivity contribution < 1.29 is 35.9 Å². The number of piperidine rings is 1. The lowest BCUT2D eigenvalue weighted by molar-refractivity contribution is -0.161. The molecule has 0 radical (unpaired) electrons. The maximum atomic E-state index is 13.4. The van der Waals surface area contributed by atoms with Crippen molar-refractivity contribution in [2.75, 3.05) is 32.7 Å². The number of aliphatic imine (C=N–C) groups is 1. The van der Waals surface area contributed by atoms with Gasteiger partial charge >= 0.3 is 12.4 Å². The number of amides is 2. The molecule has 4 rings (SSSR count). The molecule has 1 fully saturated rings. The predicted molar refractivity (Wildman–Crippen MR) is 111 cm³/mol. The van der Waals surface area contributed by atoms with Crippen molar-refractivity contribution in [1.82, 2.24) is 9.80 Å². The Morgan fingerprint density at radius 3 is 2.29 bits per heavy atom. The van der Waals surface area contributed by atoms with E-state index in [0.717, 1.165) is 11.0 Å². The zero-order chi connectivity index (χ0) is 24.7. The highest BCUT2D eigenvalue weighted by molar-refractivity contribution is 6.46. The van der Waals surface area contributed by atoms with Crippen LogP contribution in [0, 0.1) is 0 Å². The second kappa shape index (κ2) is 9.07. The third-order valence-electron chi connectivity index (χ3n) is 6.55. The maximum absolute atomic E-state index is 13.4. The van der Waals surface area contributed by atoms with E-state index in [2.05, 4.69) is 4.99 Å². The normalized spacial score (nSPS) is 19.9. The van der Waals surface area contributed by atoms with Gasteiger partial charge in [0.1, 0.15) is 12.1 Å². The van der Waals surface area contributed by atoms with Crippen LogP contribution in [0.4, 0.5) is 26.3 Å². The van der Waals surface area contributed by atoms with E-state index in [4.69, 9.17) is 0 Å². The van der Waals surface area contributed by atoms with E-state index < -0.39 is 30.2 Å². The summed E-state index contributed by atoms with van der Waals surface area (Å²) in [6.45, 7) is 0.819. The van der Waals surface area contributed by atoms with Crippen LogP contribution in [0.2, 0.25) is 0 Å². The van der Waals surface area contributed by atoms with Gasteiger partial charge in [0.25, 0.3) is 5.91 Å². The number of nitrogens with zero attached hydrogens (tertiary/aromatic N) is 3. The van der Waals surface area contributed by atoms with Crippen molar-refractivity contribution in [3.63, 3.8) is 0 Å². The van der Waals surface area contributed by atoms with Gasteiger partial charge in [-0.1, -0.05) is 18.2 Å². The summed E-state index contributed by atoms with van der Waals surface area (Å²) in [6.07, 6.45) is -9.52. The Kier molecular flexibility index (Phi) is 6.48. The summed E-state index contributed by atoms with van der Waals surface area (Å²) in [7, 11) is 0. The number of alkyl halides is 6. The summed E-state index contributed by atoms with van der Waals surface area (Å²) in [6, 6.07) is 5.49. The SMILES string of the molecule is O=C(CC(F)(F)F)N1CCC2=C(CN=C2C(=O)N2CCC(c3ccccc3C(F)(F)F)CC2)C1. The Bertz CT molecular complexity index is 1040. The van der Waals surface area contributed by atoms with Crippen LogP contribution < -0.4 is 0 Å². The lowest BCUT2D eigenvalue weighted by atomic mass is 9.86. The first kappa shape index (κ1) is 24.3. The van der Waals surface area contributed by atoms with E-state index in [9.17, 15) is 35.9 Å². The summed E-state index contributed by atoms with van der Waals surface area (Å²) in [5.41, 5.74) is 1.18. The molecule has 3 aliphatic rings. The largest absolute Gasteiger partial charge is 0.416 e. The van der Waals surface area contributed by atoms with Crippen LogP contribution in [0.25, 0.3) is 0 Å². The molecular formula is C23H23F6N3O2. The molecule has 3 heterocycles. The predicted octanol–water partition coefficient (Wildman–Crippen LogP) is 4.35. The molecule has 1 saturated heterocycles. The standard InChI is InChI=1S/C23H23F6N3O2/c24-22(25,26)11-19(33)32-10-7-17-15(13-32)12-30-20(17)21(34)31-8-5-14(6-9-31)16-3-1-2-4-18(16)23(27,28)29/h1-4,14H,5-13H2. The van der Waals surface area contributed by atoms with E-state index in [1.807, 2.05) is 0 Å². The first-order chi connectivity index (χ1) is 15.9. The van der Waals surface area contributed by atoms with Crippen LogP contribution in [0.3, 0.4) is 0 Å². The molecule has 0 atom stereocenters. The minimum absolute atomic E-state index is 0.0147. The summed E-state index contributed by atoms with van der Waals surface area (Å²) < 4.78 is 77.7. The third-order valence-corrected chi connectivity index (χ3v) is 6.55. The van der Waals surface area contributed by atoms with Crippen LogP contribution >= 0.6 is 0 Å². The Labute approximate surface area is 192 Å². The highest BCUT2D eigenvalue weighted by atomic mass is 19.4. The Morgan fingerprint density at radius 2 is 1.65 bits per heavy atom. The van der Waals surface area contributed by atoms with Gasteiger partial charge in [-0.05, 0) is 48.0 Å². The zero-order valence-electron chi connectivity index (χ0n) is 18.2. The fourth-order valence-electron chi connectivity index (χ4n) is 4.88. The minimum atomic E-state index is -4.58. The molecule has 3 aliphatic heterocycles. The quantitative estimate of drug-likeness (QED) is 0.596. The average molecular weight is 487 g/mol. The van der Waals surface area contributed by atoms with Crippen LogP contribution in [0.1, 0.15) is 42.7 Å². The average Bonchev–Trinajstić information content (AvgIpc) is 3.20. The number of benzene rings is 1. The number of rotatable bonds is 3. The third kappa shape index (κ3) is 5.12. The molecule has 0 bridgehead atoms. The molecular weight excluding hydrogens is 464 g/mol. The second-order valence-corrected chi connectivity index (χ2v) is 8.76. The minimum Gasteiger partial charge on any atom is -0.338 e. The number of hydrogen-bond donors (Lipinski definition) is 0. The smallest absolute Gasteiger partial charge is 0.338 e. The fraction of sp³-hybridized carbons (Fsp3) is 0.522. The van der Waals surface area contributed by atoms with Crippen molar-refractivity contribution in [3.8, 4) is 0 Å². The lowest BCUT2D eigenvalue weighted by Crippen LogP contribution is -2.44. The molecule has 2 amide bonds. The highest BCUT2D eigenvalue weighted by Gasteiger charge is 2.39. The summed E-state index contributed by atoms with van der Waals surface area (Å²) in [4.78, 5) is 32.0. The van der Waals surface area contributed by atoms with Gasteiger partial charge in [-0.25, -0.2) is 0 Å². The molecule has 0 aromatic heterocycles. The van der Waals surface area contributed by atoms with Crippen LogP contribution in [-0.2, 0) is 15.8 Å². The molecule has 5 nitrogen and oxygen atoms in total. The van der Waals surface area contributed by atoms with Crippen LogP contribution in [0.5, 0.6) is 0 Å². The summed E-state index contributed by atoms with van der Waals surface area (Å²) in [5, 5.41) is 0. The van der Waals surface area contributed by atoms with E-state index in [1.165, 1.54) is 12.1 Å². The van der Waals surface area contributed by atoms with Crippen molar-refractivity contribution in [2.45, 2.75) is 44.0 Å². The van der Waals surface area contributed by atoms with E-state index in [0.29, 0.717) is 24.0 Å². The maximum Gasteiger partial charge on any atom is 0.416 e. The van der Waals surface area contributed by atoms with Gasteiger partial charge in [-0.3, -0.25) is 14.6 Å². The molecule has 0 N–H and O–H groups in total. The summed E-state index contributed by atoms with van der Waals surface area (Å²) >= 11 is 0. The second-order valence-electron chi connectivity index (χ2n) is 8.76. The lowest BCUT2D eigenvalue weighted by Gasteiger charge is -2.34. The molecule has 184 valence electrons. The van der Waals surface area contributed by atoms with Crippen LogP contribution in [-0.4, -0.2) is 66.2 Å². The van der Waals surface area contributed by atoms with Gasteiger partial charge in [0.2, 0.25) is 5.91 Å². The van der Waals surface area contributed by atoms with Crippen LogP contribution in [0.15, 0.2) is 40.4 Å². The summed E-state index contributed by atoms with van der Waals surface area (Å²) in [5.74, 6) is -1.63. The van der Waals surface area contributed by atoms with E-state index in [-0.39, 0.29) is 62.2 Å². The van der Waals surface area contributed by atoms with Crippen molar-refractivity contribution in [1.29, 1.82) is 0 Å². The van der Waals surface area contributed by atoms with Gasteiger partial charge in [-0.15, -0.1) is 0 Å². The monoisotopic (exact) mass is 487 g/mol. The van der Waals surface area contributed by atoms with Gasteiger partial charge < -0.3 is 9.80 Å². The van der Waals surface area contributed by atoms with Gasteiger partial charge in [0.15, 0.2) is 0 Å². The van der Waals surface area contributed by atoms with E-state index >= 15 is 0 Å². The molecule has 0 aliphatic carbocycles. The van der Waals surface area contributed by atoms with Gasteiger partial charge in [-0.2, -0.15) is 26.3 Å².